The van der Waals surface area contributed by atoms with Crippen LogP contribution in [0.2, 0.25) is 10.0 Å². The molecule has 0 spiro atoms. The van der Waals surface area contributed by atoms with E-state index in [0.717, 1.165) is 11.3 Å². The van der Waals surface area contributed by atoms with Crippen molar-refractivity contribution >= 4 is 35.1 Å². The smallest absolute Gasteiger partial charge is 0.161 e. The molecule has 0 aliphatic carbocycles. The van der Waals surface area contributed by atoms with Gasteiger partial charge in [-0.3, -0.25) is 4.99 Å². The highest BCUT2D eigenvalue weighted by atomic mass is 35.5. The van der Waals surface area contributed by atoms with Gasteiger partial charge < -0.3 is 9.47 Å². The lowest BCUT2D eigenvalue weighted by Crippen LogP contribution is -2.05. The normalized spacial score (nSPS) is 11.2. The molecule has 0 saturated carbocycles. The van der Waals surface area contributed by atoms with Crippen molar-refractivity contribution in [2.24, 2.45) is 10.9 Å². The molecule has 3 nitrogen and oxygen atoms in total. The first-order chi connectivity index (χ1) is 11.0. The van der Waals surface area contributed by atoms with Crippen LogP contribution in [0.15, 0.2) is 41.4 Å². The number of rotatable bonds is 6. The predicted octanol–water partition coefficient (Wildman–Crippen LogP) is 5.79. The molecule has 0 atom stereocenters. The standard InChI is InChI=1S/C18H19Cl2NO2/c1-12(2)11-23-17-5-4-13(6-18(17)22-3)10-21-16-8-14(19)7-15(20)9-16/h4-10,12H,11H2,1-3H3. The van der Waals surface area contributed by atoms with Crippen LogP contribution in [0.5, 0.6) is 11.5 Å². The number of hydrogen-bond acceptors (Lipinski definition) is 3. The van der Waals surface area contributed by atoms with Crippen LogP contribution in [0.25, 0.3) is 0 Å². The quantitative estimate of drug-likeness (QED) is 0.616. The van der Waals surface area contributed by atoms with Crippen molar-refractivity contribution in [1.82, 2.24) is 0 Å². The number of hydrogen-bond donors (Lipinski definition) is 0. The first-order valence-corrected chi connectivity index (χ1v) is 8.04. The summed E-state index contributed by atoms with van der Waals surface area (Å²) in [6.07, 6.45) is 1.73. The van der Waals surface area contributed by atoms with Crippen molar-refractivity contribution in [3.63, 3.8) is 0 Å². The second-order valence-electron chi connectivity index (χ2n) is 5.50. The van der Waals surface area contributed by atoms with Crippen molar-refractivity contribution in [3.8, 4) is 11.5 Å². The van der Waals surface area contributed by atoms with E-state index < -0.39 is 0 Å². The molecule has 0 bridgehead atoms. The van der Waals surface area contributed by atoms with Gasteiger partial charge in [0.1, 0.15) is 0 Å². The van der Waals surface area contributed by atoms with Crippen molar-refractivity contribution in [2.75, 3.05) is 13.7 Å². The van der Waals surface area contributed by atoms with E-state index in [-0.39, 0.29) is 0 Å². The fraction of sp³-hybridized carbons (Fsp3) is 0.278. The Morgan fingerprint density at radius 2 is 1.74 bits per heavy atom. The summed E-state index contributed by atoms with van der Waals surface area (Å²) < 4.78 is 11.1. The summed E-state index contributed by atoms with van der Waals surface area (Å²) in [5, 5.41) is 1.11. The van der Waals surface area contributed by atoms with Crippen molar-refractivity contribution in [1.29, 1.82) is 0 Å². The van der Waals surface area contributed by atoms with Gasteiger partial charge in [0.25, 0.3) is 0 Å². The Bertz CT molecular complexity index is 679. The fourth-order valence-corrected chi connectivity index (χ4v) is 2.42. The maximum Gasteiger partial charge on any atom is 0.161 e. The van der Waals surface area contributed by atoms with Crippen LogP contribution in [0.1, 0.15) is 19.4 Å². The third kappa shape index (κ3) is 5.45. The van der Waals surface area contributed by atoms with Crippen LogP contribution >= 0.6 is 23.2 Å². The second kappa shape index (κ2) is 8.23. The molecule has 0 fully saturated rings. The third-order valence-electron chi connectivity index (χ3n) is 2.97. The molecule has 23 heavy (non-hydrogen) atoms. The molecular formula is C18H19Cl2NO2. The van der Waals surface area contributed by atoms with Crippen LogP contribution in [0, 0.1) is 5.92 Å². The summed E-state index contributed by atoms with van der Waals surface area (Å²) in [6, 6.07) is 10.9. The van der Waals surface area contributed by atoms with E-state index in [9.17, 15) is 0 Å². The minimum absolute atomic E-state index is 0.452. The number of benzene rings is 2. The summed E-state index contributed by atoms with van der Waals surface area (Å²) in [5.41, 5.74) is 1.59. The lowest BCUT2D eigenvalue weighted by molar-refractivity contribution is 0.257. The topological polar surface area (TPSA) is 30.8 Å². The Labute approximate surface area is 146 Å². The van der Waals surface area contributed by atoms with Gasteiger partial charge in [-0.2, -0.15) is 0 Å². The minimum atomic E-state index is 0.452. The van der Waals surface area contributed by atoms with Crippen LogP contribution < -0.4 is 9.47 Å². The fourth-order valence-electron chi connectivity index (χ4n) is 1.90. The minimum Gasteiger partial charge on any atom is -0.493 e. The van der Waals surface area contributed by atoms with Gasteiger partial charge in [0.15, 0.2) is 11.5 Å². The van der Waals surface area contributed by atoms with Crippen molar-refractivity contribution < 1.29 is 9.47 Å². The number of methoxy groups -OCH3 is 1. The molecule has 0 unspecified atom stereocenters. The molecule has 0 aliphatic rings. The average Bonchev–Trinajstić information content (AvgIpc) is 2.50. The van der Waals surface area contributed by atoms with E-state index in [1.54, 1.807) is 31.5 Å². The van der Waals surface area contributed by atoms with Crippen molar-refractivity contribution in [2.45, 2.75) is 13.8 Å². The SMILES string of the molecule is COc1cc(C=Nc2cc(Cl)cc(Cl)c2)ccc1OCC(C)C. The maximum atomic E-state index is 5.97. The summed E-state index contributed by atoms with van der Waals surface area (Å²) in [6.45, 7) is 4.85. The molecule has 0 aromatic heterocycles. The number of ether oxygens (including phenoxy) is 2. The second-order valence-corrected chi connectivity index (χ2v) is 6.37. The lowest BCUT2D eigenvalue weighted by Gasteiger charge is -2.12. The van der Waals surface area contributed by atoms with E-state index in [4.69, 9.17) is 32.7 Å². The van der Waals surface area contributed by atoms with Gasteiger partial charge in [-0.05, 0) is 47.9 Å². The van der Waals surface area contributed by atoms with Crippen LogP contribution in [-0.2, 0) is 0 Å². The molecule has 122 valence electrons. The van der Waals surface area contributed by atoms with E-state index in [1.165, 1.54) is 0 Å². The highest BCUT2D eigenvalue weighted by Crippen LogP contribution is 2.29. The first kappa shape index (κ1) is 17.6. The van der Waals surface area contributed by atoms with Crippen LogP contribution in [-0.4, -0.2) is 19.9 Å². The Kier molecular flexibility index (Phi) is 6.31. The van der Waals surface area contributed by atoms with Gasteiger partial charge in [-0.15, -0.1) is 0 Å². The Morgan fingerprint density at radius 1 is 1.04 bits per heavy atom. The van der Waals surface area contributed by atoms with E-state index in [1.807, 2.05) is 18.2 Å². The third-order valence-corrected chi connectivity index (χ3v) is 3.41. The molecule has 0 heterocycles. The van der Waals surface area contributed by atoms with E-state index >= 15 is 0 Å². The number of halogens is 2. The monoisotopic (exact) mass is 351 g/mol. The average molecular weight is 352 g/mol. The Hall–Kier alpha value is -1.71. The first-order valence-electron chi connectivity index (χ1n) is 7.29. The molecule has 5 heteroatoms. The molecule has 0 amide bonds. The van der Waals surface area contributed by atoms with E-state index in [0.29, 0.717) is 34.0 Å². The molecule has 2 rings (SSSR count). The summed E-state index contributed by atoms with van der Waals surface area (Å²) in [7, 11) is 1.62. The molecule has 0 saturated heterocycles. The molecule has 2 aromatic carbocycles. The highest BCUT2D eigenvalue weighted by molar-refractivity contribution is 6.35. The van der Waals surface area contributed by atoms with Gasteiger partial charge in [-0.1, -0.05) is 37.0 Å². The zero-order valence-corrected chi connectivity index (χ0v) is 14.9. The Balaban J connectivity index is 2.18. The summed E-state index contributed by atoms with van der Waals surface area (Å²) >= 11 is 11.9. The number of aliphatic imine (C=N–C) groups is 1. The zero-order chi connectivity index (χ0) is 16.8. The summed E-state index contributed by atoms with van der Waals surface area (Å²) in [5.74, 6) is 1.86. The van der Waals surface area contributed by atoms with Gasteiger partial charge in [0.05, 0.1) is 19.4 Å². The van der Waals surface area contributed by atoms with Gasteiger partial charge in [0, 0.05) is 16.3 Å². The predicted molar refractivity (Wildman–Crippen MR) is 97.0 cm³/mol. The van der Waals surface area contributed by atoms with Crippen LogP contribution in [0.3, 0.4) is 0 Å². The molecule has 0 aliphatic heterocycles. The molecule has 0 N–H and O–H groups in total. The lowest BCUT2D eigenvalue weighted by atomic mass is 10.2. The molecule has 0 radical (unpaired) electrons. The largest absolute Gasteiger partial charge is 0.493 e. The van der Waals surface area contributed by atoms with Gasteiger partial charge >= 0.3 is 0 Å². The Morgan fingerprint density at radius 3 is 2.35 bits per heavy atom. The summed E-state index contributed by atoms with van der Waals surface area (Å²) in [4.78, 5) is 4.39. The van der Waals surface area contributed by atoms with E-state index in [2.05, 4.69) is 18.8 Å². The van der Waals surface area contributed by atoms with Crippen LogP contribution in [0.4, 0.5) is 5.69 Å². The molecular weight excluding hydrogens is 333 g/mol. The highest BCUT2D eigenvalue weighted by Gasteiger charge is 2.06. The maximum absolute atomic E-state index is 5.97. The van der Waals surface area contributed by atoms with Gasteiger partial charge in [-0.25, -0.2) is 0 Å². The molecule has 2 aromatic rings. The zero-order valence-electron chi connectivity index (χ0n) is 13.3. The number of nitrogens with zero attached hydrogens (tertiary/aromatic N) is 1. The van der Waals surface area contributed by atoms with Crippen molar-refractivity contribution in [3.05, 3.63) is 52.0 Å². The van der Waals surface area contributed by atoms with Gasteiger partial charge in [0.2, 0.25) is 0 Å².